The molecule has 1 atom stereocenters. The first-order valence-corrected chi connectivity index (χ1v) is 5.15. The molecule has 17 heavy (non-hydrogen) atoms. The van der Waals surface area contributed by atoms with Crippen molar-refractivity contribution in [3.8, 4) is 0 Å². The Morgan fingerprint density at radius 3 is 2.35 bits per heavy atom. The van der Waals surface area contributed by atoms with Crippen LogP contribution in [0.15, 0.2) is 0 Å². The van der Waals surface area contributed by atoms with Crippen LogP contribution < -0.4 is 0 Å². The number of carboxylic acid groups (broad SMARTS) is 1. The average molecular weight is 251 g/mol. The van der Waals surface area contributed by atoms with E-state index in [1.54, 1.807) is 0 Å². The number of hydrogen-bond donors (Lipinski definition) is 1. The molecule has 1 unspecified atom stereocenters. The number of carbonyl (C=O) groups is 2. The third-order valence-electron chi connectivity index (χ3n) is 2.27. The molecule has 1 aliphatic rings. The fraction of sp³-hybridized carbons (Fsp3) is 0.800. The van der Waals surface area contributed by atoms with Gasteiger partial charge in [0.2, 0.25) is 0 Å². The number of hydrogen-bond acceptors (Lipinski definition) is 3. The third kappa shape index (κ3) is 3.04. The smallest absolute Gasteiger partial charge is 0.408 e. The molecular weight excluding hydrogens is 236 g/mol. The third-order valence-corrected chi connectivity index (χ3v) is 2.27. The predicted octanol–water partition coefficient (Wildman–Crippen LogP) is 1.72. The van der Waals surface area contributed by atoms with Crippen molar-refractivity contribution >= 4 is 12.1 Å². The summed E-state index contributed by atoms with van der Waals surface area (Å²) in [6.07, 6.45) is -2.21. The maximum atomic E-state index is 13.4. The summed E-state index contributed by atoms with van der Waals surface area (Å²) < 4.78 is 31.7. The van der Waals surface area contributed by atoms with E-state index in [9.17, 15) is 18.4 Å². The van der Waals surface area contributed by atoms with Crippen LogP contribution in [-0.2, 0) is 9.53 Å². The molecule has 1 rings (SSSR count). The highest BCUT2D eigenvalue weighted by molar-refractivity contribution is 5.83. The lowest BCUT2D eigenvalue weighted by atomic mass is 10.1. The first kappa shape index (κ1) is 13.7. The molecule has 98 valence electrons. The number of rotatable bonds is 1. The lowest BCUT2D eigenvalue weighted by Crippen LogP contribution is -2.49. The van der Waals surface area contributed by atoms with Gasteiger partial charge < -0.3 is 9.84 Å². The lowest BCUT2D eigenvalue weighted by Gasteiger charge is -2.27. The fourth-order valence-electron chi connectivity index (χ4n) is 1.63. The molecule has 0 aromatic carbocycles. The Labute approximate surface area is 97.3 Å². The van der Waals surface area contributed by atoms with Gasteiger partial charge in [-0.05, 0) is 20.8 Å². The van der Waals surface area contributed by atoms with Crippen LogP contribution in [0.1, 0.15) is 27.2 Å². The summed E-state index contributed by atoms with van der Waals surface area (Å²) in [6, 6.07) is -2.04. The second kappa shape index (κ2) is 4.12. The molecule has 7 heteroatoms. The van der Waals surface area contributed by atoms with Gasteiger partial charge in [-0.1, -0.05) is 0 Å². The van der Waals surface area contributed by atoms with Crippen molar-refractivity contribution in [3.05, 3.63) is 0 Å². The quantitative estimate of drug-likeness (QED) is 0.720. The van der Waals surface area contributed by atoms with Crippen molar-refractivity contribution in [2.75, 3.05) is 6.54 Å². The number of ether oxygens (including phenoxy) is 1. The van der Waals surface area contributed by atoms with E-state index in [0.717, 1.165) is 0 Å². The molecule has 0 aromatic rings. The average Bonchev–Trinajstić information content (AvgIpc) is 2.37. The minimum Gasteiger partial charge on any atom is -0.465 e. The van der Waals surface area contributed by atoms with Crippen molar-refractivity contribution in [2.24, 2.45) is 0 Å². The minimum atomic E-state index is -3.37. The van der Waals surface area contributed by atoms with Crippen molar-refractivity contribution in [1.29, 1.82) is 0 Å². The largest absolute Gasteiger partial charge is 0.465 e. The number of alkyl halides is 2. The number of esters is 1. The van der Waals surface area contributed by atoms with Gasteiger partial charge in [-0.15, -0.1) is 0 Å². The number of nitrogens with zero attached hydrogens (tertiary/aromatic N) is 1. The van der Waals surface area contributed by atoms with Crippen LogP contribution in [0.3, 0.4) is 0 Å². The summed E-state index contributed by atoms with van der Waals surface area (Å²) in [4.78, 5) is 22.8. The molecule has 1 N–H and O–H groups in total. The van der Waals surface area contributed by atoms with Gasteiger partial charge in [-0.2, -0.15) is 0 Å². The molecule has 1 saturated heterocycles. The first-order valence-electron chi connectivity index (χ1n) is 5.15. The van der Waals surface area contributed by atoms with E-state index < -0.39 is 36.0 Å². The zero-order chi connectivity index (χ0) is 13.4. The molecule has 5 nitrogen and oxygen atoms in total. The van der Waals surface area contributed by atoms with Gasteiger partial charge in [0.15, 0.2) is 6.04 Å². The summed E-state index contributed by atoms with van der Waals surface area (Å²) in [5.74, 6) is -4.58. The molecule has 1 amide bonds. The Kier molecular flexibility index (Phi) is 3.31. The van der Waals surface area contributed by atoms with Crippen LogP contribution in [0, 0.1) is 0 Å². The number of amides is 1. The van der Waals surface area contributed by atoms with E-state index in [4.69, 9.17) is 9.84 Å². The second-order valence-electron chi connectivity index (χ2n) is 4.92. The molecule has 0 saturated carbocycles. The monoisotopic (exact) mass is 251 g/mol. The van der Waals surface area contributed by atoms with Crippen LogP contribution in [-0.4, -0.2) is 46.2 Å². The summed E-state index contributed by atoms with van der Waals surface area (Å²) in [6.45, 7) is 4.22. The standard InChI is InChI=1S/C10H15F2NO4/c1-9(2,3)17-7(14)6-10(11,12)4-5-13(6)8(15)16/h6H,4-5H2,1-3H3,(H,15,16). The normalized spacial score (nSPS) is 23.6. The van der Waals surface area contributed by atoms with Gasteiger partial charge in [0.05, 0.1) is 0 Å². The molecule has 1 heterocycles. The molecule has 0 radical (unpaired) electrons. The summed E-state index contributed by atoms with van der Waals surface area (Å²) in [7, 11) is 0. The zero-order valence-corrected chi connectivity index (χ0v) is 9.87. The maximum absolute atomic E-state index is 13.4. The minimum absolute atomic E-state index is 0.369. The highest BCUT2D eigenvalue weighted by Gasteiger charge is 2.56. The van der Waals surface area contributed by atoms with Crippen molar-refractivity contribution < 1.29 is 28.2 Å². The van der Waals surface area contributed by atoms with Gasteiger partial charge in [-0.3, -0.25) is 4.90 Å². The number of carbonyl (C=O) groups excluding carboxylic acids is 1. The van der Waals surface area contributed by atoms with Gasteiger partial charge in [-0.25, -0.2) is 18.4 Å². The van der Waals surface area contributed by atoms with Gasteiger partial charge in [0.25, 0.3) is 5.92 Å². The molecule has 1 fully saturated rings. The predicted molar refractivity (Wildman–Crippen MR) is 53.9 cm³/mol. The maximum Gasteiger partial charge on any atom is 0.408 e. The van der Waals surface area contributed by atoms with Gasteiger partial charge in [0, 0.05) is 13.0 Å². The van der Waals surface area contributed by atoms with E-state index >= 15 is 0 Å². The summed E-state index contributed by atoms with van der Waals surface area (Å²) >= 11 is 0. The Bertz CT molecular complexity index is 338. The van der Waals surface area contributed by atoms with Crippen LogP contribution in [0.4, 0.5) is 13.6 Å². The molecule has 0 aliphatic carbocycles. The Balaban J connectivity index is 2.90. The zero-order valence-electron chi connectivity index (χ0n) is 9.87. The van der Waals surface area contributed by atoms with E-state index in [1.165, 1.54) is 20.8 Å². The van der Waals surface area contributed by atoms with Crippen LogP contribution in [0.5, 0.6) is 0 Å². The van der Waals surface area contributed by atoms with Crippen molar-refractivity contribution in [1.82, 2.24) is 4.90 Å². The molecule has 0 aromatic heterocycles. The van der Waals surface area contributed by atoms with Crippen LogP contribution in [0.25, 0.3) is 0 Å². The first-order chi connectivity index (χ1) is 7.54. The Morgan fingerprint density at radius 1 is 1.41 bits per heavy atom. The Morgan fingerprint density at radius 2 is 1.94 bits per heavy atom. The summed E-state index contributed by atoms with van der Waals surface area (Å²) in [5.41, 5.74) is -0.931. The van der Waals surface area contributed by atoms with Crippen LogP contribution in [0.2, 0.25) is 0 Å². The SMILES string of the molecule is CC(C)(C)OC(=O)C1N(C(=O)O)CCC1(F)F. The van der Waals surface area contributed by atoms with Crippen LogP contribution >= 0.6 is 0 Å². The molecular formula is C10H15F2NO4. The highest BCUT2D eigenvalue weighted by atomic mass is 19.3. The topological polar surface area (TPSA) is 66.8 Å². The van der Waals surface area contributed by atoms with E-state index in [-0.39, 0.29) is 6.54 Å². The van der Waals surface area contributed by atoms with Crippen molar-refractivity contribution in [3.63, 3.8) is 0 Å². The van der Waals surface area contributed by atoms with Gasteiger partial charge >= 0.3 is 12.1 Å². The summed E-state index contributed by atoms with van der Waals surface area (Å²) in [5, 5.41) is 8.75. The molecule has 1 aliphatic heterocycles. The number of likely N-dealkylation sites (tertiary alicyclic amines) is 1. The second-order valence-corrected chi connectivity index (χ2v) is 4.92. The fourth-order valence-corrected chi connectivity index (χ4v) is 1.63. The molecule has 0 spiro atoms. The lowest BCUT2D eigenvalue weighted by molar-refractivity contribution is -0.169. The van der Waals surface area contributed by atoms with E-state index in [2.05, 4.69) is 0 Å². The highest BCUT2D eigenvalue weighted by Crippen LogP contribution is 2.35. The number of halogens is 2. The van der Waals surface area contributed by atoms with Gasteiger partial charge in [0.1, 0.15) is 5.60 Å². The van der Waals surface area contributed by atoms with E-state index in [0.29, 0.717) is 4.90 Å². The van der Waals surface area contributed by atoms with E-state index in [1.807, 2.05) is 0 Å². The Hall–Kier alpha value is -1.40. The molecule has 0 bridgehead atoms. The van der Waals surface area contributed by atoms with Crippen molar-refractivity contribution in [2.45, 2.75) is 44.8 Å².